The van der Waals surface area contributed by atoms with Crippen LogP contribution in [0.25, 0.3) is 0 Å². The smallest absolute Gasteiger partial charge is 0.238 e. The predicted molar refractivity (Wildman–Crippen MR) is 116 cm³/mol. The number of hydrogen-bond acceptors (Lipinski definition) is 5. The van der Waals surface area contributed by atoms with E-state index in [1.165, 1.54) is 18.5 Å². The van der Waals surface area contributed by atoms with E-state index < -0.39 is 0 Å². The third kappa shape index (κ3) is 6.22. The molecule has 7 nitrogen and oxygen atoms in total. The van der Waals surface area contributed by atoms with E-state index in [0.29, 0.717) is 5.69 Å². The Labute approximate surface area is 171 Å². The molecule has 0 radical (unpaired) electrons. The van der Waals surface area contributed by atoms with Crippen LogP contribution in [-0.4, -0.2) is 57.1 Å². The summed E-state index contributed by atoms with van der Waals surface area (Å²) in [5.41, 5.74) is 2.63. The molecule has 1 heterocycles. The Balaban J connectivity index is 1.42. The number of amides is 2. The fourth-order valence-corrected chi connectivity index (χ4v) is 3.35. The summed E-state index contributed by atoms with van der Waals surface area (Å²) in [6.45, 7) is 2.43. The van der Waals surface area contributed by atoms with Gasteiger partial charge in [-0.15, -0.1) is 0 Å². The fraction of sp³-hybridized carbons (Fsp3) is 0.364. The van der Waals surface area contributed by atoms with Crippen molar-refractivity contribution in [3.63, 3.8) is 0 Å². The van der Waals surface area contributed by atoms with Crippen molar-refractivity contribution in [3.8, 4) is 5.75 Å². The largest absolute Gasteiger partial charge is 0.497 e. The van der Waals surface area contributed by atoms with Gasteiger partial charge in [0.05, 0.1) is 20.2 Å². The van der Waals surface area contributed by atoms with Gasteiger partial charge in [0.2, 0.25) is 11.8 Å². The lowest BCUT2D eigenvalue weighted by molar-refractivity contribution is -0.119. The first-order valence-corrected chi connectivity index (χ1v) is 9.81. The van der Waals surface area contributed by atoms with Crippen LogP contribution < -0.4 is 20.3 Å². The Morgan fingerprint density at radius 1 is 0.897 bits per heavy atom. The summed E-state index contributed by atoms with van der Waals surface area (Å²) in [5.74, 6) is 0.393. The topological polar surface area (TPSA) is 73.9 Å². The third-order valence-corrected chi connectivity index (χ3v) is 4.82. The SMILES string of the molecule is COc1ccc(NC(=O)CN(C)CC(=O)Nc2ccc(N3CCCC3)cc2)cc1. The van der Waals surface area contributed by atoms with Gasteiger partial charge in [0, 0.05) is 30.2 Å². The van der Waals surface area contributed by atoms with E-state index in [0.717, 1.165) is 24.5 Å². The van der Waals surface area contributed by atoms with Gasteiger partial charge in [0.1, 0.15) is 5.75 Å². The van der Waals surface area contributed by atoms with Crippen molar-refractivity contribution in [2.75, 3.05) is 55.9 Å². The number of carbonyl (C=O) groups excluding carboxylic acids is 2. The second-order valence-electron chi connectivity index (χ2n) is 7.24. The number of ether oxygens (including phenoxy) is 1. The van der Waals surface area contributed by atoms with Crippen LogP contribution in [0, 0.1) is 0 Å². The van der Waals surface area contributed by atoms with Crippen molar-refractivity contribution < 1.29 is 14.3 Å². The maximum absolute atomic E-state index is 12.3. The summed E-state index contributed by atoms with van der Waals surface area (Å²) in [5, 5.41) is 5.69. The predicted octanol–water partition coefficient (Wildman–Crippen LogP) is 2.80. The van der Waals surface area contributed by atoms with Gasteiger partial charge in [0.25, 0.3) is 0 Å². The molecule has 2 aromatic carbocycles. The molecule has 2 aromatic rings. The minimum absolute atomic E-state index is 0.118. The van der Waals surface area contributed by atoms with Crippen molar-refractivity contribution in [2.45, 2.75) is 12.8 Å². The number of hydrogen-bond donors (Lipinski definition) is 2. The molecule has 2 N–H and O–H groups in total. The highest BCUT2D eigenvalue weighted by atomic mass is 16.5. The number of nitrogens with zero attached hydrogens (tertiary/aromatic N) is 2. The van der Waals surface area contributed by atoms with Crippen LogP contribution in [0.15, 0.2) is 48.5 Å². The van der Waals surface area contributed by atoms with Crippen molar-refractivity contribution in [2.24, 2.45) is 0 Å². The fourth-order valence-electron chi connectivity index (χ4n) is 3.35. The van der Waals surface area contributed by atoms with Crippen LogP contribution in [0.1, 0.15) is 12.8 Å². The maximum Gasteiger partial charge on any atom is 0.238 e. The van der Waals surface area contributed by atoms with Gasteiger partial charge in [-0.3, -0.25) is 14.5 Å². The summed E-state index contributed by atoms with van der Waals surface area (Å²) in [4.78, 5) is 28.4. The van der Waals surface area contributed by atoms with Crippen molar-refractivity contribution in [1.82, 2.24) is 4.90 Å². The molecule has 1 fully saturated rings. The highest BCUT2D eigenvalue weighted by Gasteiger charge is 2.13. The van der Waals surface area contributed by atoms with E-state index in [1.54, 1.807) is 43.3 Å². The Morgan fingerprint density at radius 2 is 1.38 bits per heavy atom. The first-order valence-electron chi connectivity index (χ1n) is 9.81. The molecule has 0 spiro atoms. The van der Waals surface area contributed by atoms with Crippen molar-refractivity contribution >= 4 is 28.9 Å². The van der Waals surface area contributed by atoms with Crippen molar-refractivity contribution in [1.29, 1.82) is 0 Å². The molecule has 29 heavy (non-hydrogen) atoms. The minimum atomic E-state index is -0.180. The molecule has 0 saturated carbocycles. The molecule has 0 aromatic heterocycles. The second kappa shape index (κ2) is 9.93. The van der Waals surface area contributed by atoms with Gasteiger partial charge < -0.3 is 20.3 Å². The quantitative estimate of drug-likeness (QED) is 0.718. The zero-order valence-corrected chi connectivity index (χ0v) is 17.0. The molecule has 1 aliphatic heterocycles. The second-order valence-corrected chi connectivity index (χ2v) is 7.24. The van der Waals surface area contributed by atoms with Gasteiger partial charge in [-0.2, -0.15) is 0 Å². The zero-order valence-electron chi connectivity index (χ0n) is 17.0. The van der Waals surface area contributed by atoms with Gasteiger partial charge >= 0.3 is 0 Å². The lowest BCUT2D eigenvalue weighted by atomic mass is 10.2. The van der Waals surface area contributed by atoms with Crippen LogP contribution >= 0.6 is 0 Å². The van der Waals surface area contributed by atoms with Crippen molar-refractivity contribution in [3.05, 3.63) is 48.5 Å². The summed E-state index contributed by atoms with van der Waals surface area (Å²) in [7, 11) is 3.33. The number of likely N-dealkylation sites (N-methyl/N-ethyl adjacent to an activating group) is 1. The number of methoxy groups -OCH3 is 1. The number of anilines is 3. The summed E-state index contributed by atoms with van der Waals surface area (Å²) in [6.07, 6.45) is 2.47. The molecule has 7 heteroatoms. The monoisotopic (exact) mass is 396 g/mol. The van der Waals surface area contributed by atoms with Crippen LogP contribution in [0.2, 0.25) is 0 Å². The molecule has 1 saturated heterocycles. The molecule has 2 amide bonds. The summed E-state index contributed by atoms with van der Waals surface area (Å²) >= 11 is 0. The van der Waals surface area contributed by atoms with E-state index in [1.807, 2.05) is 24.3 Å². The van der Waals surface area contributed by atoms with Crippen LogP contribution in [0.3, 0.4) is 0 Å². The van der Waals surface area contributed by atoms with E-state index in [4.69, 9.17) is 4.74 Å². The van der Waals surface area contributed by atoms with Gasteiger partial charge in [0.15, 0.2) is 0 Å². The Bertz CT molecular complexity index is 815. The van der Waals surface area contributed by atoms with Gasteiger partial charge in [-0.1, -0.05) is 0 Å². The van der Waals surface area contributed by atoms with Crippen LogP contribution in [0.5, 0.6) is 5.75 Å². The molecule has 0 aliphatic carbocycles. The molecule has 1 aliphatic rings. The highest BCUT2D eigenvalue weighted by Crippen LogP contribution is 2.22. The van der Waals surface area contributed by atoms with Crippen LogP contribution in [-0.2, 0) is 9.59 Å². The molecule has 0 atom stereocenters. The van der Waals surface area contributed by atoms with Gasteiger partial charge in [-0.25, -0.2) is 0 Å². The number of rotatable bonds is 8. The summed E-state index contributed by atoms with van der Waals surface area (Å²) in [6, 6.07) is 15.0. The van der Waals surface area contributed by atoms with E-state index in [-0.39, 0.29) is 24.9 Å². The van der Waals surface area contributed by atoms with Crippen LogP contribution in [0.4, 0.5) is 17.1 Å². The zero-order chi connectivity index (χ0) is 20.6. The Hall–Kier alpha value is -3.06. The standard InChI is InChI=1S/C22H28N4O3/c1-25(16-22(28)24-18-7-11-20(29-2)12-8-18)15-21(27)23-17-5-9-19(10-6-17)26-13-3-4-14-26/h5-12H,3-4,13-16H2,1-2H3,(H,23,27)(H,24,28). The Kier molecular flexibility index (Phi) is 7.08. The average Bonchev–Trinajstić information content (AvgIpc) is 3.23. The number of nitrogens with one attached hydrogen (secondary N) is 2. The normalized spacial score (nSPS) is 13.4. The number of benzene rings is 2. The molecule has 0 bridgehead atoms. The molecular formula is C22H28N4O3. The first kappa shape index (κ1) is 20.7. The third-order valence-electron chi connectivity index (χ3n) is 4.82. The molecule has 154 valence electrons. The average molecular weight is 396 g/mol. The Morgan fingerprint density at radius 3 is 1.86 bits per heavy atom. The van der Waals surface area contributed by atoms with E-state index in [9.17, 15) is 9.59 Å². The minimum Gasteiger partial charge on any atom is -0.497 e. The van der Waals surface area contributed by atoms with E-state index >= 15 is 0 Å². The first-order chi connectivity index (χ1) is 14.0. The lowest BCUT2D eigenvalue weighted by Gasteiger charge is -2.18. The maximum atomic E-state index is 12.3. The molecule has 0 unspecified atom stereocenters. The van der Waals surface area contributed by atoms with E-state index in [2.05, 4.69) is 15.5 Å². The molecule has 3 rings (SSSR count). The molecular weight excluding hydrogens is 368 g/mol. The summed E-state index contributed by atoms with van der Waals surface area (Å²) < 4.78 is 5.10. The number of carbonyl (C=O) groups is 2. The highest BCUT2D eigenvalue weighted by molar-refractivity contribution is 5.94. The lowest BCUT2D eigenvalue weighted by Crippen LogP contribution is -2.36. The van der Waals surface area contributed by atoms with Gasteiger partial charge in [-0.05, 0) is 68.4 Å².